The monoisotopic (exact) mass is 266 g/mol. The van der Waals surface area contributed by atoms with Crippen molar-refractivity contribution in [1.82, 2.24) is 9.78 Å². The molecule has 1 heterocycles. The molecule has 1 aromatic heterocycles. The molecular formula is C15H26N2O2. The Morgan fingerprint density at radius 3 is 2.68 bits per heavy atom. The highest BCUT2D eigenvalue weighted by molar-refractivity contribution is 5.36. The van der Waals surface area contributed by atoms with Crippen molar-refractivity contribution in [2.24, 2.45) is 0 Å². The fourth-order valence-electron chi connectivity index (χ4n) is 1.94. The lowest BCUT2D eigenvalue weighted by atomic mass is 9.92. The molecule has 0 aliphatic rings. The molecule has 0 aromatic carbocycles. The standard InChI is InChI=1S/C15H26N2O2/c1-5-6-7-9-17-13(8-10-19-12-18)11-14(16-17)15(2,3)4/h11-12H,5-10H2,1-4H3. The van der Waals surface area contributed by atoms with E-state index >= 15 is 0 Å². The van der Waals surface area contributed by atoms with E-state index in [1.165, 1.54) is 12.8 Å². The molecule has 1 rings (SSSR count). The van der Waals surface area contributed by atoms with Crippen LogP contribution in [0.2, 0.25) is 0 Å². The minimum absolute atomic E-state index is 0.0519. The Morgan fingerprint density at radius 2 is 2.11 bits per heavy atom. The number of hydrogen-bond acceptors (Lipinski definition) is 3. The van der Waals surface area contributed by atoms with Gasteiger partial charge in [0.05, 0.1) is 12.3 Å². The quantitative estimate of drug-likeness (QED) is 0.536. The van der Waals surface area contributed by atoms with Gasteiger partial charge in [0.2, 0.25) is 0 Å². The second kappa shape index (κ2) is 7.31. The van der Waals surface area contributed by atoms with E-state index in [0.29, 0.717) is 13.1 Å². The van der Waals surface area contributed by atoms with Crippen molar-refractivity contribution in [3.8, 4) is 0 Å². The van der Waals surface area contributed by atoms with E-state index in [-0.39, 0.29) is 5.41 Å². The van der Waals surface area contributed by atoms with Gasteiger partial charge in [0.1, 0.15) is 0 Å². The first-order valence-electron chi connectivity index (χ1n) is 7.11. The first-order valence-corrected chi connectivity index (χ1v) is 7.11. The third-order valence-corrected chi connectivity index (χ3v) is 3.15. The number of hydrogen-bond donors (Lipinski definition) is 0. The lowest BCUT2D eigenvalue weighted by Gasteiger charge is -2.14. The van der Waals surface area contributed by atoms with Gasteiger partial charge in [0.25, 0.3) is 6.47 Å². The number of aryl methyl sites for hydroxylation is 1. The van der Waals surface area contributed by atoms with Crippen LogP contribution in [0.1, 0.15) is 58.3 Å². The molecule has 4 heteroatoms. The summed E-state index contributed by atoms with van der Waals surface area (Å²) in [6, 6.07) is 2.14. The second-order valence-corrected chi connectivity index (χ2v) is 5.92. The second-order valence-electron chi connectivity index (χ2n) is 5.92. The Morgan fingerprint density at radius 1 is 1.37 bits per heavy atom. The Balaban J connectivity index is 2.78. The Kier molecular flexibility index (Phi) is 6.06. The van der Waals surface area contributed by atoms with Crippen LogP contribution in [0.4, 0.5) is 0 Å². The van der Waals surface area contributed by atoms with Crippen LogP contribution in [0.25, 0.3) is 0 Å². The number of ether oxygens (including phenoxy) is 1. The minimum Gasteiger partial charge on any atom is -0.467 e. The van der Waals surface area contributed by atoms with Crippen LogP contribution < -0.4 is 0 Å². The summed E-state index contributed by atoms with van der Waals surface area (Å²) in [5.74, 6) is 0. The molecule has 0 atom stereocenters. The van der Waals surface area contributed by atoms with Crippen molar-refractivity contribution in [2.45, 2.75) is 65.3 Å². The molecule has 0 radical (unpaired) electrons. The van der Waals surface area contributed by atoms with Crippen LogP contribution in [-0.2, 0) is 27.9 Å². The molecule has 0 fully saturated rings. The number of carbonyl (C=O) groups excluding carboxylic acids is 1. The van der Waals surface area contributed by atoms with Gasteiger partial charge in [-0.15, -0.1) is 0 Å². The number of unbranched alkanes of at least 4 members (excludes halogenated alkanes) is 2. The van der Waals surface area contributed by atoms with E-state index in [4.69, 9.17) is 9.84 Å². The number of aromatic nitrogens is 2. The van der Waals surface area contributed by atoms with Gasteiger partial charge >= 0.3 is 0 Å². The minimum atomic E-state index is 0.0519. The van der Waals surface area contributed by atoms with Crippen LogP contribution in [0.3, 0.4) is 0 Å². The summed E-state index contributed by atoms with van der Waals surface area (Å²) < 4.78 is 6.87. The highest BCUT2D eigenvalue weighted by Gasteiger charge is 2.19. The highest BCUT2D eigenvalue weighted by Crippen LogP contribution is 2.22. The maximum absolute atomic E-state index is 10.2. The molecule has 0 bridgehead atoms. The average Bonchev–Trinajstić information content (AvgIpc) is 2.73. The van der Waals surface area contributed by atoms with E-state index in [1.54, 1.807) is 0 Å². The maximum atomic E-state index is 10.2. The Bertz CT molecular complexity index is 391. The van der Waals surface area contributed by atoms with Crippen molar-refractivity contribution in [2.75, 3.05) is 6.61 Å². The molecule has 19 heavy (non-hydrogen) atoms. The highest BCUT2D eigenvalue weighted by atomic mass is 16.5. The van der Waals surface area contributed by atoms with Gasteiger partial charge in [-0.05, 0) is 12.5 Å². The topological polar surface area (TPSA) is 44.1 Å². The van der Waals surface area contributed by atoms with Gasteiger partial charge in [-0.25, -0.2) is 0 Å². The van der Waals surface area contributed by atoms with Crippen molar-refractivity contribution in [3.63, 3.8) is 0 Å². The zero-order valence-corrected chi connectivity index (χ0v) is 12.6. The van der Waals surface area contributed by atoms with Crippen LogP contribution in [-0.4, -0.2) is 22.9 Å². The number of carbonyl (C=O) groups is 1. The van der Waals surface area contributed by atoms with Gasteiger partial charge in [-0.2, -0.15) is 5.10 Å². The van der Waals surface area contributed by atoms with Crippen molar-refractivity contribution >= 4 is 6.47 Å². The lowest BCUT2D eigenvalue weighted by molar-refractivity contribution is -0.128. The van der Waals surface area contributed by atoms with Crippen LogP contribution in [0.5, 0.6) is 0 Å². The van der Waals surface area contributed by atoms with Crippen LogP contribution in [0.15, 0.2) is 6.07 Å². The van der Waals surface area contributed by atoms with Gasteiger partial charge in [-0.3, -0.25) is 9.48 Å². The zero-order valence-electron chi connectivity index (χ0n) is 12.6. The van der Waals surface area contributed by atoms with E-state index < -0.39 is 0 Å². The van der Waals surface area contributed by atoms with Crippen LogP contribution >= 0.6 is 0 Å². The SMILES string of the molecule is CCCCCn1nc(C(C)(C)C)cc1CCOC=O. The summed E-state index contributed by atoms with van der Waals surface area (Å²) in [7, 11) is 0. The fraction of sp³-hybridized carbons (Fsp3) is 0.733. The summed E-state index contributed by atoms with van der Waals surface area (Å²) in [6.45, 7) is 10.6. The predicted molar refractivity (Wildman–Crippen MR) is 76.2 cm³/mol. The maximum Gasteiger partial charge on any atom is 0.293 e. The van der Waals surface area contributed by atoms with Gasteiger partial charge in [0, 0.05) is 24.1 Å². The molecule has 0 aliphatic heterocycles. The summed E-state index contributed by atoms with van der Waals surface area (Å²) in [5, 5.41) is 4.70. The smallest absolute Gasteiger partial charge is 0.293 e. The molecule has 0 saturated heterocycles. The van der Waals surface area contributed by atoms with Gasteiger partial charge < -0.3 is 4.74 Å². The first-order chi connectivity index (χ1) is 8.99. The molecular weight excluding hydrogens is 240 g/mol. The van der Waals surface area contributed by atoms with Crippen molar-refractivity contribution in [1.29, 1.82) is 0 Å². The molecule has 0 spiro atoms. The van der Waals surface area contributed by atoms with Crippen LogP contribution in [0, 0.1) is 0 Å². The van der Waals surface area contributed by atoms with E-state index in [2.05, 4.69) is 38.4 Å². The molecule has 108 valence electrons. The largest absolute Gasteiger partial charge is 0.467 e. The van der Waals surface area contributed by atoms with Crippen molar-refractivity contribution < 1.29 is 9.53 Å². The molecule has 0 N–H and O–H groups in total. The third-order valence-electron chi connectivity index (χ3n) is 3.15. The normalized spacial score (nSPS) is 11.6. The lowest BCUT2D eigenvalue weighted by Crippen LogP contribution is -2.13. The fourth-order valence-corrected chi connectivity index (χ4v) is 1.94. The predicted octanol–water partition coefficient (Wildman–Crippen LogP) is 3.09. The zero-order chi connectivity index (χ0) is 14.3. The van der Waals surface area contributed by atoms with Gasteiger partial charge in [-0.1, -0.05) is 40.5 Å². The average molecular weight is 266 g/mol. The molecule has 0 unspecified atom stereocenters. The molecule has 0 aliphatic carbocycles. The summed E-state index contributed by atoms with van der Waals surface area (Å²) in [5.41, 5.74) is 2.31. The summed E-state index contributed by atoms with van der Waals surface area (Å²) >= 11 is 0. The summed E-state index contributed by atoms with van der Waals surface area (Å²) in [4.78, 5) is 10.2. The Hall–Kier alpha value is -1.32. The van der Waals surface area contributed by atoms with Crippen molar-refractivity contribution in [3.05, 3.63) is 17.5 Å². The Labute approximate surface area is 116 Å². The van der Waals surface area contributed by atoms with E-state index in [9.17, 15) is 4.79 Å². The molecule has 1 aromatic rings. The number of rotatable bonds is 8. The third kappa shape index (κ3) is 5.05. The molecule has 4 nitrogen and oxygen atoms in total. The van der Waals surface area contributed by atoms with E-state index in [1.807, 2.05) is 0 Å². The summed E-state index contributed by atoms with van der Waals surface area (Å²) in [6.07, 6.45) is 4.29. The molecule has 0 saturated carbocycles. The van der Waals surface area contributed by atoms with Gasteiger partial charge in [0.15, 0.2) is 0 Å². The van der Waals surface area contributed by atoms with E-state index in [0.717, 1.165) is 30.8 Å². The number of nitrogens with zero attached hydrogens (tertiary/aromatic N) is 2. The molecule has 0 amide bonds. The first kappa shape index (κ1) is 15.7.